The topological polar surface area (TPSA) is 33.6 Å². The van der Waals surface area contributed by atoms with Crippen molar-refractivity contribution in [3.8, 4) is 0 Å². The minimum atomic E-state index is 0.311. The van der Waals surface area contributed by atoms with Crippen molar-refractivity contribution in [2.45, 2.75) is 19.4 Å². The molecule has 62 valence electrons. The second-order valence-corrected chi connectivity index (χ2v) is 3.30. The molecular formula is C8H14N2O. The summed E-state index contributed by atoms with van der Waals surface area (Å²) < 4.78 is 5.56. The van der Waals surface area contributed by atoms with Crippen LogP contribution in [0, 0.1) is 5.92 Å². The van der Waals surface area contributed by atoms with Gasteiger partial charge in [0, 0.05) is 12.5 Å². The monoisotopic (exact) mass is 154 g/mol. The van der Waals surface area contributed by atoms with Crippen molar-refractivity contribution in [3.05, 3.63) is 0 Å². The van der Waals surface area contributed by atoms with Gasteiger partial charge in [0.1, 0.15) is 6.10 Å². The SMILES string of the molecule is CC1CN=C(C2CCNC2)O1. The van der Waals surface area contributed by atoms with E-state index in [1.54, 1.807) is 0 Å². The molecule has 3 heteroatoms. The van der Waals surface area contributed by atoms with Gasteiger partial charge < -0.3 is 10.1 Å². The quantitative estimate of drug-likeness (QED) is 0.593. The maximum atomic E-state index is 5.56. The van der Waals surface area contributed by atoms with Crippen LogP contribution in [0.15, 0.2) is 4.99 Å². The van der Waals surface area contributed by atoms with Crippen LogP contribution in [0.25, 0.3) is 0 Å². The van der Waals surface area contributed by atoms with Gasteiger partial charge in [-0.3, -0.25) is 4.99 Å². The second kappa shape index (κ2) is 2.81. The molecule has 0 aliphatic carbocycles. The first-order valence-corrected chi connectivity index (χ1v) is 4.28. The smallest absolute Gasteiger partial charge is 0.188 e. The standard InChI is InChI=1S/C8H14N2O/c1-6-4-10-8(11-6)7-2-3-9-5-7/h6-7,9H,2-5H2,1H3. The highest BCUT2D eigenvalue weighted by molar-refractivity contribution is 5.80. The first-order valence-electron chi connectivity index (χ1n) is 4.28. The van der Waals surface area contributed by atoms with Gasteiger partial charge in [-0.15, -0.1) is 0 Å². The summed E-state index contributed by atoms with van der Waals surface area (Å²) in [7, 11) is 0. The van der Waals surface area contributed by atoms with Crippen LogP contribution < -0.4 is 5.32 Å². The third kappa shape index (κ3) is 1.38. The number of hydrogen-bond acceptors (Lipinski definition) is 3. The Morgan fingerprint density at radius 1 is 1.64 bits per heavy atom. The molecule has 11 heavy (non-hydrogen) atoms. The zero-order valence-electron chi connectivity index (χ0n) is 6.84. The van der Waals surface area contributed by atoms with Crippen molar-refractivity contribution in [3.63, 3.8) is 0 Å². The molecule has 2 rings (SSSR count). The molecule has 0 spiro atoms. The summed E-state index contributed by atoms with van der Waals surface area (Å²) >= 11 is 0. The van der Waals surface area contributed by atoms with E-state index in [-0.39, 0.29) is 0 Å². The Bertz CT molecular complexity index is 173. The lowest BCUT2D eigenvalue weighted by Gasteiger charge is -2.09. The number of nitrogens with zero attached hydrogens (tertiary/aromatic N) is 1. The van der Waals surface area contributed by atoms with Gasteiger partial charge in [-0.1, -0.05) is 0 Å². The third-order valence-electron chi connectivity index (χ3n) is 2.24. The summed E-state index contributed by atoms with van der Waals surface area (Å²) in [5, 5.41) is 3.30. The molecule has 2 atom stereocenters. The lowest BCUT2D eigenvalue weighted by atomic mass is 10.1. The molecule has 0 bridgehead atoms. The number of hydrogen-bond donors (Lipinski definition) is 1. The normalized spacial score (nSPS) is 37.0. The van der Waals surface area contributed by atoms with E-state index in [0.717, 1.165) is 25.5 Å². The van der Waals surface area contributed by atoms with E-state index in [1.807, 2.05) is 0 Å². The first-order chi connectivity index (χ1) is 5.36. The van der Waals surface area contributed by atoms with E-state index in [1.165, 1.54) is 6.42 Å². The molecule has 0 saturated carbocycles. The first kappa shape index (κ1) is 7.10. The van der Waals surface area contributed by atoms with Gasteiger partial charge in [-0.05, 0) is 19.9 Å². The van der Waals surface area contributed by atoms with Gasteiger partial charge in [0.25, 0.3) is 0 Å². The predicted molar refractivity (Wildman–Crippen MR) is 43.8 cm³/mol. The van der Waals surface area contributed by atoms with E-state index in [9.17, 15) is 0 Å². The van der Waals surface area contributed by atoms with Crippen LogP contribution in [-0.2, 0) is 4.74 Å². The van der Waals surface area contributed by atoms with Gasteiger partial charge in [0.05, 0.1) is 6.54 Å². The molecule has 2 aliphatic rings. The lowest BCUT2D eigenvalue weighted by Crippen LogP contribution is -2.19. The molecule has 0 amide bonds. The fourth-order valence-electron chi connectivity index (χ4n) is 1.59. The lowest BCUT2D eigenvalue weighted by molar-refractivity contribution is 0.231. The van der Waals surface area contributed by atoms with Gasteiger partial charge in [-0.25, -0.2) is 0 Å². The van der Waals surface area contributed by atoms with E-state index in [4.69, 9.17) is 4.74 Å². The Morgan fingerprint density at radius 2 is 2.55 bits per heavy atom. The van der Waals surface area contributed by atoms with Crippen LogP contribution in [0.5, 0.6) is 0 Å². The summed E-state index contributed by atoms with van der Waals surface area (Å²) in [6.07, 6.45) is 1.50. The highest BCUT2D eigenvalue weighted by Crippen LogP contribution is 2.16. The molecule has 3 nitrogen and oxygen atoms in total. The Morgan fingerprint density at radius 3 is 3.09 bits per heavy atom. The minimum Gasteiger partial charge on any atom is -0.476 e. The molecule has 1 saturated heterocycles. The molecule has 0 aromatic heterocycles. The third-order valence-corrected chi connectivity index (χ3v) is 2.24. The number of ether oxygens (including phenoxy) is 1. The Labute approximate surface area is 66.8 Å². The Hall–Kier alpha value is -0.570. The fraction of sp³-hybridized carbons (Fsp3) is 0.875. The van der Waals surface area contributed by atoms with Crippen LogP contribution in [0.1, 0.15) is 13.3 Å². The maximum absolute atomic E-state index is 5.56. The average molecular weight is 154 g/mol. The second-order valence-electron chi connectivity index (χ2n) is 3.30. The van der Waals surface area contributed by atoms with Crippen LogP contribution in [0.3, 0.4) is 0 Å². The van der Waals surface area contributed by atoms with Crippen LogP contribution in [-0.4, -0.2) is 31.6 Å². The van der Waals surface area contributed by atoms with Gasteiger partial charge in [0.2, 0.25) is 0 Å². The predicted octanol–water partition coefficient (Wildman–Crippen LogP) is 0.413. The van der Waals surface area contributed by atoms with E-state index in [2.05, 4.69) is 17.2 Å². The maximum Gasteiger partial charge on any atom is 0.188 e. The van der Waals surface area contributed by atoms with Crippen molar-refractivity contribution in [1.29, 1.82) is 0 Å². The summed E-state index contributed by atoms with van der Waals surface area (Å²) in [5.74, 6) is 1.54. The summed E-state index contributed by atoms with van der Waals surface area (Å²) in [4.78, 5) is 4.35. The van der Waals surface area contributed by atoms with Crippen LogP contribution in [0.4, 0.5) is 0 Å². The van der Waals surface area contributed by atoms with Crippen LogP contribution in [0.2, 0.25) is 0 Å². The summed E-state index contributed by atoms with van der Waals surface area (Å²) in [6, 6.07) is 0. The van der Waals surface area contributed by atoms with Crippen molar-refractivity contribution in [1.82, 2.24) is 5.32 Å². The Kier molecular flexibility index (Phi) is 1.82. The van der Waals surface area contributed by atoms with Crippen LogP contribution >= 0.6 is 0 Å². The molecule has 1 fully saturated rings. The van der Waals surface area contributed by atoms with Crippen molar-refractivity contribution in [2.24, 2.45) is 10.9 Å². The van der Waals surface area contributed by atoms with E-state index in [0.29, 0.717) is 12.0 Å². The highest BCUT2D eigenvalue weighted by atomic mass is 16.5. The van der Waals surface area contributed by atoms with Gasteiger partial charge in [0.15, 0.2) is 5.90 Å². The largest absolute Gasteiger partial charge is 0.476 e. The molecular weight excluding hydrogens is 140 g/mol. The minimum absolute atomic E-state index is 0.311. The average Bonchev–Trinajstić information content (AvgIpc) is 2.55. The number of nitrogens with one attached hydrogen (secondary N) is 1. The van der Waals surface area contributed by atoms with Gasteiger partial charge in [-0.2, -0.15) is 0 Å². The van der Waals surface area contributed by atoms with E-state index < -0.39 is 0 Å². The molecule has 0 aromatic carbocycles. The molecule has 0 aromatic rings. The molecule has 1 N–H and O–H groups in total. The fourth-order valence-corrected chi connectivity index (χ4v) is 1.59. The number of aliphatic imine (C=N–C) groups is 1. The van der Waals surface area contributed by atoms with E-state index >= 15 is 0 Å². The van der Waals surface area contributed by atoms with Crippen molar-refractivity contribution in [2.75, 3.05) is 19.6 Å². The molecule has 0 radical (unpaired) electrons. The van der Waals surface area contributed by atoms with Crippen molar-refractivity contribution >= 4 is 5.90 Å². The van der Waals surface area contributed by atoms with Crippen molar-refractivity contribution < 1.29 is 4.74 Å². The summed E-state index contributed by atoms with van der Waals surface area (Å²) in [5.41, 5.74) is 0. The zero-order valence-corrected chi connectivity index (χ0v) is 6.84. The highest BCUT2D eigenvalue weighted by Gasteiger charge is 2.26. The number of rotatable bonds is 1. The molecule has 2 heterocycles. The Balaban J connectivity index is 1.94. The van der Waals surface area contributed by atoms with Gasteiger partial charge >= 0.3 is 0 Å². The summed E-state index contributed by atoms with van der Waals surface area (Å²) in [6.45, 7) is 5.08. The molecule has 2 unspecified atom stereocenters. The molecule has 2 aliphatic heterocycles. The zero-order chi connectivity index (χ0) is 7.68.